The number of hydrogen-bond donors (Lipinski definition) is 1. The molecule has 4 aromatic carbocycles. The number of carbonyl (C=O) groups is 1. The third kappa shape index (κ3) is 7.61. The SMILES string of the molecule is Cc1ccc(S(=O)(=O)N(CC(=O)N/N=C\c2cccc(OCc3ccccc3)c2)Cc2ccccc2)cc1. The van der Waals surface area contributed by atoms with E-state index in [9.17, 15) is 13.2 Å². The Morgan fingerprint density at radius 3 is 2.21 bits per heavy atom. The van der Waals surface area contributed by atoms with E-state index < -0.39 is 15.9 Å². The first-order valence-corrected chi connectivity index (χ1v) is 13.5. The Hall–Kier alpha value is -4.27. The highest BCUT2D eigenvalue weighted by atomic mass is 32.2. The largest absolute Gasteiger partial charge is 0.489 e. The quantitative estimate of drug-likeness (QED) is 0.222. The average molecular weight is 528 g/mol. The van der Waals surface area contributed by atoms with E-state index >= 15 is 0 Å². The molecular weight excluding hydrogens is 498 g/mol. The lowest BCUT2D eigenvalue weighted by molar-refractivity contribution is -0.121. The molecule has 0 unspecified atom stereocenters. The Labute approximate surface area is 223 Å². The first-order chi connectivity index (χ1) is 18.4. The van der Waals surface area contributed by atoms with Crippen molar-refractivity contribution in [3.63, 3.8) is 0 Å². The van der Waals surface area contributed by atoms with E-state index in [-0.39, 0.29) is 18.0 Å². The summed E-state index contributed by atoms with van der Waals surface area (Å²) >= 11 is 0. The van der Waals surface area contributed by atoms with Crippen molar-refractivity contribution >= 4 is 22.1 Å². The van der Waals surface area contributed by atoms with Crippen LogP contribution in [0, 0.1) is 6.92 Å². The molecule has 0 bridgehead atoms. The standard InChI is InChI=1S/C30H29N3O4S/c1-24-15-17-29(18-16-24)38(35,36)33(21-25-9-4-2-5-10-25)22-30(34)32-31-20-27-13-8-14-28(19-27)37-23-26-11-6-3-7-12-26/h2-20H,21-23H2,1H3,(H,32,34)/b31-20-. The first kappa shape index (κ1) is 26.8. The number of hydrazone groups is 1. The van der Waals surface area contributed by atoms with Crippen molar-refractivity contribution in [3.05, 3.63) is 131 Å². The highest BCUT2D eigenvalue weighted by Gasteiger charge is 2.26. The zero-order valence-electron chi connectivity index (χ0n) is 21.0. The molecule has 8 heteroatoms. The third-order valence-electron chi connectivity index (χ3n) is 5.69. The van der Waals surface area contributed by atoms with Gasteiger partial charge >= 0.3 is 0 Å². The van der Waals surface area contributed by atoms with Gasteiger partial charge in [-0.25, -0.2) is 13.8 Å². The van der Waals surface area contributed by atoms with Crippen molar-refractivity contribution in [2.75, 3.05) is 6.54 Å². The summed E-state index contributed by atoms with van der Waals surface area (Å²) in [6.45, 7) is 1.98. The Kier molecular flexibility index (Phi) is 9.02. The number of rotatable bonds is 11. The number of aryl methyl sites for hydroxylation is 1. The molecule has 0 spiro atoms. The van der Waals surface area contributed by atoms with E-state index in [1.807, 2.05) is 91.9 Å². The second kappa shape index (κ2) is 12.8. The first-order valence-electron chi connectivity index (χ1n) is 12.1. The van der Waals surface area contributed by atoms with Crippen LogP contribution in [0.15, 0.2) is 119 Å². The lowest BCUT2D eigenvalue weighted by Crippen LogP contribution is -2.39. The molecule has 0 saturated carbocycles. The fraction of sp³-hybridized carbons (Fsp3) is 0.133. The molecule has 0 atom stereocenters. The van der Waals surface area contributed by atoms with Gasteiger partial charge in [-0.15, -0.1) is 0 Å². The minimum absolute atomic E-state index is 0.0506. The normalized spacial score (nSPS) is 11.5. The Bertz CT molecular complexity index is 1470. The van der Waals surface area contributed by atoms with E-state index in [2.05, 4.69) is 10.5 Å². The fourth-order valence-corrected chi connectivity index (χ4v) is 5.06. The van der Waals surface area contributed by atoms with Crippen molar-refractivity contribution in [1.82, 2.24) is 9.73 Å². The van der Waals surface area contributed by atoms with Gasteiger partial charge in [-0.1, -0.05) is 90.5 Å². The van der Waals surface area contributed by atoms with E-state index in [0.29, 0.717) is 12.4 Å². The van der Waals surface area contributed by atoms with E-state index in [4.69, 9.17) is 4.74 Å². The predicted octanol–water partition coefficient (Wildman–Crippen LogP) is 4.92. The molecule has 194 valence electrons. The predicted molar refractivity (Wildman–Crippen MR) is 148 cm³/mol. The maximum absolute atomic E-state index is 13.4. The van der Waals surface area contributed by atoms with Gasteiger partial charge in [0.25, 0.3) is 5.91 Å². The lowest BCUT2D eigenvalue weighted by Gasteiger charge is -2.21. The second-order valence-electron chi connectivity index (χ2n) is 8.71. The number of benzene rings is 4. The summed E-state index contributed by atoms with van der Waals surface area (Å²) in [6, 6.07) is 32.9. The highest BCUT2D eigenvalue weighted by Crippen LogP contribution is 2.19. The summed E-state index contributed by atoms with van der Waals surface area (Å²) in [6.07, 6.45) is 1.49. The maximum atomic E-state index is 13.4. The van der Waals surface area contributed by atoms with E-state index in [1.54, 1.807) is 24.3 Å². The molecule has 1 amide bonds. The van der Waals surface area contributed by atoms with Gasteiger partial charge in [0.15, 0.2) is 0 Å². The van der Waals surface area contributed by atoms with E-state index in [1.165, 1.54) is 6.21 Å². The van der Waals surface area contributed by atoms with Gasteiger partial charge in [-0.2, -0.15) is 9.41 Å². The Morgan fingerprint density at radius 2 is 1.53 bits per heavy atom. The van der Waals surface area contributed by atoms with Crippen LogP contribution in [0.1, 0.15) is 22.3 Å². The van der Waals surface area contributed by atoms with E-state index in [0.717, 1.165) is 26.6 Å². The molecule has 1 N–H and O–H groups in total. The lowest BCUT2D eigenvalue weighted by atomic mass is 10.2. The number of sulfonamides is 1. The third-order valence-corrected chi connectivity index (χ3v) is 7.50. The summed E-state index contributed by atoms with van der Waals surface area (Å²) < 4.78 is 33.7. The molecular formula is C30H29N3O4S. The highest BCUT2D eigenvalue weighted by molar-refractivity contribution is 7.89. The van der Waals surface area contributed by atoms with Crippen LogP contribution in [0.2, 0.25) is 0 Å². The van der Waals surface area contributed by atoms with Gasteiger partial charge in [0, 0.05) is 6.54 Å². The molecule has 4 aromatic rings. The van der Waals surface area contributed by atoms with Gasteiger partial charge in [-0.3, -0.25) is 4.79 Å². The summed E-state index contributed by atoms with van der Waals surface area (Å²) in [4.78, 5) is 12.9. The molecule has 4 rings (SSSR count). The zero-order chi connectivity index (χ0) is 26.8. The number of amides is 1. The molecule has 0 aromatic heterocycles. The molecule has 0 fully saturated rings. The molecule has 38 heavy (non-hydrogen) atoms. The maximum Gasteiger partial charge on any atom is 0.255 e. The minimum Gasteiger partial charge on any atom is -0.489 e. The molecule has 7 nitrogen and oxygen atoms in total. The zero-order valence-corrected chi connectivity index (χ0v) is 21.8. The van der Waals surface area contributed by atoms with Crippen LogP contribution in [0.25, 0.3) is 0 Å². The molecule has 0 saturated heterocycles. The van der Waals surface area contributed by atoms with Crippen LogP contribution in [0.3, 0.4) is 0 Å². The molecule has 0 radical (unpaired) electrons. The van der Waals surface area contributed by atoms with Crippen LogP contribution >= 0.6 is 0 Å². The Balaban J connectivity index is 1.41. The topological polar surface area (TPSA) is 88.1 Å². The van der Waals surface area contributed by atoms with Crippen LogP contribution in [0.5, 0.6) is 5.75 Å². The van der Waals surface area contributed by atoms with Gasteiger partial charge in [0.1, 0.15) is 12.4 Å². The number of nitrogens with zero attached hydrogens (tertiary/aromatic N) is 2. The smallest absolute Gasteiger partial charge is 0.255 e. The van der Waals surface area contributed by atoms with Crippen molar-refractivity contribution in [1.29, 1.82) is 0 Å². The number of ether oxygens (including phenoxy) is 1. The van der Waals surface area contributed by atoms with Crippen molar-refractivity contribution < 1.29 is 17.9 Å². The molecule has 0 aliphatic rings. The van der Waals surface area contributed by atoms with Crippen molar-refractivity contribution in [2.24, 2.45) is 5.10 Å². The second-order valence-corrected chi connectivity index (χ2v) is 10.6. The molecule has 0 aliphatic heterocycles. The van der Waals surface area contributed by atoms with Crippen molar-refractivity contribution in [3.8, 4) is 5.75 Å². The van der Waals surface area contributed by atoms with Gasteiger partial charge in [-0.05, 0) is 47.9 Å². The minimum atomic E-state index is -3.92. The monoisotopic (exact) mass is 527 g/mol. The molecule has 0 heterocycles. The summed E-state index contributed by atoms with van der Waals surface area (Å²) in [5.74, 6) is 0.117. The summed E-state index contributed by atoms with van der Waals surface area (Å²) in [5.41, 5.74) is 5.94. The summed E-state index contributed by atoms with van der Waals surface area (Å²) in [5, 5.41) is 4.03. The van der Waals surface area contributed by atoms with Gasteiger partial charge in [0.05, 0.1) is 17.7 Å². The number of nitrogens with one attached hydrogen (secondary N) is 1. The number of hydrogen-bond acceptors (Lipinski definition) is 5. The van der Waals surface area contributed by atoms with Crippen LogP contribution in [0.4, 0.5) is 0 Å². The van der Waals surface area contributed by atoms with Crippen LogP contribution in [-0.2, 0) is 28.0 Å². The fourth-order valence-electron chi connectivity index (χ4n) is 3.67. The summed E-state index contributed by atoms with van der Waals surface area (Å²) in [7, 11) is -3.92. The average Bonchev–Trinajstić information content (AvgIpc) is 2.93. The van der Waals surface area contributed by atoms with Gasteiger partial charge < -0.3 is 4.74 Å². The van der Waals surface area contributed by atoms with Crippen LogP contribution < -0.4 is 10.2 Å². The number of carbonyl (C=O) groups excluding carboxylic acids is 1. The van der Waals surface area contributed by atoms with Crippen molar-refractivity contribution in [2.45, 2.75) is 25.0 Å². The molecule has 0 aliphatic carbocycles. The van der Waals surface area contributed by atoms with Gasteiger partial charge in [0.2, 0.25) is 10.0 Å². The Morgan fingerprint density at radius 1 is 0.868 bits per heavy atom. The van der Waals surface area contributed by atoms with Crippen LogP contribution in [-0.4, -0.2) is 31.4 Å².